The Morgan fingerprint density at radius 2 is 2.41 bits per heavy atom. The molecule has 7 heteroatoms. The second-order valence-corrected chi connectivity index (χ2v) is 6.91. The van der Waals surface area contributed by atoms with Crippen molar-refractivity contribution >= 4 is 29.0 Å². The first kappa shape index (κ1) is 15.1. The second-order valence-electron chi connectivity index (χ2n) is 4.81. The van der Waals surface area contributed by atoms with Crippen LogP contribution in [0.25, 0.3) is 0 Å². The van der Waals surface area contributed by atoms with Crippen molar-refractivity contribution in [2.75, 3.05) is 12.3 Å². The van der Waals surface area contributed by atoms with Gasteiger partial charge in [0.15, 0.2) is 5.16 Å². The maximum absolute atomic E-state index is 12.7. The number of hydrogen-bond donors (Lipinski definition) is 0. The van der Waals surface area contributed by atoms with Crippen LogP contribution >= 0.6 is 23.1 Å². The summed E-state index contributed by atoms with van der Waals surface area (Å²) in [7, 11) is 0. The molecule has 22 heavy (non-hydrogen) atoms. The molecule has 0 radical (unpaired) electrons. The third-order valence-corrected chi connectivity index (χ3v) is 5.18. The summed E-state index contributed by atoms with van der Waals surface area (Å²) in [4.78, 5) is 32.1. The van der Waals surface area contributed by atoms with Gasteiger partial charge >= 0.3 is 0 Å². The van der Waals surface area contributed by atoms with Crippen LogP contribution < -0.4 is 5.56 Å². The molecular formula is C15H15N3O2S2. The van der Waals surface area contributed by atoms with Crippen LogP contribution in [0.2, 0.25) is 0 Å². The summed E-state index contributed by atoms with van der Waals surface area (Å²) in [5.74, 6) is 0.531. The van der Waals surface area contributed by atoms with Gasteiger partial charge in [0.25, 0.3) is 11.5 Å². The lowest BCUT2D eigenvalue weighted by Gasteiger charge is -2.20. The summed E-state index contributed by atoms with van der Waals surface area (Å²) in [6.45, 7) is 5.17. The summed E-state index contributed by atoms with van der Waals surface area (Å²) in [5, 5.41) is 2.66. The van der Waals surface area contributed by atoms with Gasteiger partial charge in [-0.2, -0.15) is 0 Å². The fourth-order valence-electron chi connectivity index (χ4n) is 2.30. The standard InChI is InChI=1S/C15H15N3O2S2/c1-2-5-17(10-11-4-3-7-21-11)13(19)12-9-16-15-18(14(12)20)6-8-22-15/h2-4,7,9H,1,5-6,8,10H2. The van der Waals surface area contributed by atoms with Gasteiger partial charge in [0.1, 0.15) is 5.56 Å². The van der Waals surface area contributed by atoms with Crippen LogP contribution in [-0.4, -0.2) is 32.7 Å². The van der Waals surface area contributed by atoms with Crippen molar-refractivity contribution in [3.8, 4) is 0 Å². The van der Waals surface area contributed by atoms with E-state index in [1.807, 2.05) is 17.5 Å². The van der Waals surface area contributed by atoms with Crippen molar-refractivity contribution in [3.63, 3.8) is 0 Å². The smallest absolute Gasteiger partial charge is 0.267 e. The minimum Gasteiger partial charge on any atom is -0.330 e. The third-order valence-electron chi connectivity index (χ3n) is 3.35. The molecular weight excluding hydrogens is 318 g/mol. The molecule has 0 N–H and O–H groups in total. The Morgan fingerprint density at radius 3 is 3.14 bits per heavy atom. The monoisotopic (exact) mass is 333 g/mol. The van der Waals surface area contributed by atoms with Crippen molar-refractivity contribution in [1.29, 1.82) is 0 Å². The van der Waals surface area contributed by atoms with Crippen LogP contribution in [0.4, 0.5) is 0 Å². The lowest BCUT2D eigenvalue weighted by Crippen LogP contribution is -2.36. The molecule has 3 heterocycles. The van der Waals surface area contributed by atoms with Crippen molar-refractivity contribution in [2.24, 2.45) is 0 Å². The molecule has 0 atom stereocenters. The van der Waals surface area contributed by atoms with E-state index in [4.69, 9.17) is 0 Å². The summed E-state index contributed by atoms with van der Waals surface area (Å²) in [6.07, 6.45) is 3.07. The molecule has 2 aromatic rings. The SMILES string of the molecule is C=CCN(Cc1cccs1)C(=O)c1cnc2n(c1=O)CCS2. The van der Waals surface area contributed by atoms with Gasteiger partial charge in [-0.25, -0.2) is 4.98 Å². The first-order chi connectivity index (χ1) is 10.7. The molecule has 0 aromatic carbocycles. The number of aromatic nitrogens is 2. The van der Waals surface area contributed by atoms with Gasteiger partial charge in [-0.05, 0) is 11.4 Å². The number of hydrogen-bond acceptors (Lipinski definition) is 5. The van der Waals surface area contributed by atoms with Gasteiger partial charge in [-0.1, -0.05) is 23.9 Å². The topological polar surface area (TPSA) is 55.2 Å². The van der Waals surface area contributed by atoms with Crippen LogP contribution in [0.15, 0.2) is 46.3 Å². The molecule has 1 amide bonds. The van der Waals surface area contributed by atoms with Gasteiger partial charge in [0.05, 0.1) is 6.54 Å². The molecule has 114 valence electrons. The number of nitrogens with zero attached hydrogens (tertiary/aromatic N) is 3. The van der Waals surface area contributed by atoms with Gasteiger partial charge in [0, 0.05) is 29.9 Å². The van der Waals surface area contributed by atoms with E-state index in [2.05, 4.69) is 11.6 Å². The van der Waals surface area contributed by atoms with E-state index in [0.29, 0.717) is 24.8 Å². The quantitative estimate of drug-likeness (QED) is 0.622. The maximum atomic E-state index is 12.7. The van der Waals surface area contributed by atoms with Crippen LogP contribution in [0, 0.1) is 0 Å². The molecule has 0 spiro atoms. The molecule has 1 aliphatic heterocycles. The van der Waals surface area contributed by atoms with E-state index >= 15 is 0 Å². The highest BCUT2D eigenvalue weighted by Crippen LogP contribution is 2.21. The van der Waals surface area contributed by atoms with Crippen molar-refractivity contribution in [1.82, 2.24) is 14.5 Å². The molecule has 1 aliphatic rings. The molecule has 0 bridgehead atoms. The largest absolute Gasteiger partial charge is 0.330 e. The Balaban J connectivity index is 1.90. The molecule has 0 saturated heterocycles. The number of rotatable bonds is 5. The number of carbonyl (C=O) groups excluding carboxylic acids is 1. The summed E-state index contributed by atoms with van der Waals surface area (Å²) < 4.78 is 1.58. The number of amides is 1. The van der Waals surface area contributed by atoms with Crippen molar-refractivity contribution in [3.05, 3.63) is 57.2 Å². The van der Waals surface area contributed by atoms with Crippen molar-refractivity contribution < 1.29 is 4.79 Å². The zero-order valence-corrected chi connectivity index (χ0v) is 13.5. The number of carbonyl (C=O) groups is 1. The highest BCUT2D eigenvalue weighted by Gasteiger charge is 2.23. The fraction of sp³-hybridized carbons (Fsp3) is 0.267. The van der Waals surface area contributed by atoms with E-state index in [1.54, 1.807) is 26.9 Å². The van der Waals surface area contributed by atoms with Gasteiger partial charge in [-0.3, -0.25) is 14.2 Å². The average molecular weight is 333 g/mol. The summed E-state index contributed by atoms with van der Waals surface area (Å²) in [6, 6.07) is 3.91. The zero-order chi connectivity index (χ0) is 15.5. The highest BCUT2D eigenvalue weighted by molar-refractivity contribution is 7.99. The third kappa shape index (κ3) is 2.86. The van der Waals surface area contributed by atoms with Crippen LogP contribution in [0.1, 0.15) is 15.2 Å². The Labute approximate surface area is 136 Å². The molecule has 0 unspecified atom stereocenters. The van der Waals surface area contributed by atoms with E-state index in [9.17, 15) is 9.59 Å². The molecule has 3 rings (SSSR count). The van der Waals surface area contributed by atoms with Gasteiger partial charge in [0.2, 0.25) is 0 Å². The molecule has 5 nitrogen and oxygen atoms in total. The summed E-state index contributed by atoms with van der Waals surface area (Å²) in [5.41, 5.74) is -0.120. The Hall–Kier alpha value is -1.86. The molecule has 0 aliphatic carbocycles. The van der Waals surface area contributed by atoms with Crippen LogP contribution in [0.5, 0.6) is 0 Å². The number of thioether (sulfide) groups is 1. The van der Waals surface area contributed by atoms with E-state index in [1.165, 1.54) is 18.0 Å². The van der Waals surface area contributed by atoms with Gasteiger partial charge < -0.3 is 4.90 Å². The second kappa shape index (κ2) is 6.50. The molecule has 0 fully saturated rings. The molecule has 2 aromatic heterocycles. The zero-order valence-electron chi connectivity index (χ0n) is 11.9. The van der Waals surface area contributed by atoms with E-state index in [-0.39, 0.29) is 17.0 Å². The van der Waals surface area contributed by atoms with Crippen molar-refractivity contribution in [2.45, 2.75) is 18.2 Å². The Morgan fingerprint density at radius 1 is 1.55 bits per heavy atom. The Kier molecular flexibility index (Phi) is 4.44. The predicted octanol–water partition coefficient (Wildman–Crippen LogP) is 2.24. The van der Waals surface area contributed by atoms with Crippen LogP contribution in [0.3, 0.4) is 0 Å². The normalized spacial score (nSPS) is 12.9. The number of thiophene rings is 1. The Bertz CT molecular complexity index is 753. The minimum atomic E-state index is -0.294. The fourth-order valence-corrected chi connectivity index (χ4v) is 3.93. The lowest BCUT2D eigenvalue weighted by molar-refractivity contribution is 0.0761. The summed E-state index contributed by atoms with van der Waals surface area (Å²) >= 11 is 3.12. The first-order valence-electron chi connectivity index (χ1n) is 6.86. The van der Waals surface area contributed by atoms with E-state index < -0.39 is 0 Å². The minimum absolute atomic E-state index is 0.129. The predicted molar refractivity (Wildman–Crippen MR) is 88.5 cm³/mol. The van der Waals surface area contributed by atoms with E-state index in [0.717, 1.165) is 10.6 Å². The molecule has 0 saturated carbocycles. The first-order valence-corrected chi connectivity index (χ1v) is 8.72. The lowest BCUT2D eigenvalue weighted by atomic mass is 10.2. The van der Waals surface area contributed by atoms with Gasteiger partial charge in [-0.15, -0.1) is 17.9 Å². The number of fused-ring (bicyclic) bond motifs is 1. The van der Waals surface area contributed by atoms with Crippen LogP contribution in [-0.2, 0) is 13.1 Å². The highest BCUT2D eigenvalue weighted by atomic mass is 32.2. The average Bonchev–Trinajstić information content (AvgIpc) is 3.17. The maximum Gasteiger partial charge on any atom is 0.267 e.